The Hall–Kier alpha value is -3.46. The molecule has 2 N–H and O–H groups in total. The van der Waals surface area contributed by atoms with Crippen LogP contribution in [0.2, 0.25) is 0 Å². The molecule has 2 heterocycles. The van der Waals surface area contributed by atoms with Crippen LogP contribution in [0.4, 0.5) is 10.5 Å². The average molecular weight is 412 g/mol. The molecule has 0 aliphatic carbocycles. The van der Waals surface area contributed by atoms with E-state index in [4.69, 9.17) is 9.47 Å². The lowest BCUT2D eigenvalue weighted by Gasteiger charge is -2.22. The van der Waals surface area contributed by atoms with Gasteiger partial charge in [0, 0.05) is 13.3 Å². The molecular weight excluding hydrogens is 388 g/mol. The fourth-order valence-corrected chi connectivity index (χ4v) is 3.08. The Morgan fingerprint density at radius 1 is 1.20 bits per heavy atom. The molecule has 3 rings (SSSR count). The molecule has 0 spiro atoms. The van der Waals surface area contributed by atoms with Crippen LogP contribution in [0.5, 0.6) is 5.88 Å². The van der Waals surface area contributed by atoms with Crippen molar-refractivity contribution in [3.63, 3.8) is 0 Å². The summed E-state index contributed by atoms with van der Waals surface area (Å²) in [7, 11) is 1.55. The van der Waals surface area contributed by atoms with Gasteiger partial charge in [0.25, 0.3) is 5.91 Å². The predicted octanol–water partition coefficient (Wildman–Crippen LogP) is 1.82. The van der Waals surface area contributed by atoms with E-state index in [1.54, 1.807) is 38.3 Å². The largest absolute Gasteiger partial charge is 0.474 e. The van der Waals surface area contributed by atoms with Gasteiger partial charge in [-0.25, -0.2) is 9.78 Å². The number of methoxy groups -OCH3 is 1. The van der Waals surface area contributed by atoms with E-state index in [2.05, 4.69) is 15.6 Å². The predicted molar refractivity (Wildman–Crippen MR) is 109 cm³/mol. The van der Waals surface area contributed by atoms with Crippen LogP contribution in [0.1, 0.15) is 18.1 Å². The third-order valence-electron chi connectivity index (χ3n) is 4.78. The molecule has 158 valence electrons. The molecule has 1 aromatic heterocycles. The summed E-state index contributed by atoms with van der Waals surface area (Å²) in [6, 6.07) is 9.94. The van der Waals surface area contributed by atoms with Crippen molar-refractivity contribution in [2.75, 3.05) is 32.2 Å². The lowest BCUT2D eigenvalue weighted by molar-refractivity contribution is -0.133. The highest BCUT2D eigenvalue weighted by atomic mass is 16.5. The molecule has 9 heteroatoms. The third kappa shape index (κ3) is 4.41. The van der Waals surface area contributed by atoms with E-state index in [0.29, 0.717) is 17.9 Å². The van der Waals surface area contributed by atoms with E-state index in [1.807, 2.05) is 19.1 Å². The number of urea groups is 1. The van der Waals surface area contributed by atoms with Crippen molar-refractivity contribution in [3.05, 3.63) is 53.7 Å². The Balaban J connectivity index is 1.69. The summed E-state index contributed by atoms with van der Waals surface area (Å²) in [6.45, 7) is 3.75. The lowest BCUT2D eigenvalue weighted by Crippen LogP contribution is -2.42. The van der Waals surface area contributed by atoms with Crippen LogP contribution in [0.25, 0.3) is 0 Å². The number of aromatic nitrogens is 1. The standard InChI is InChI=1S/C21H24N4O5/c1-14-6-8-15(9-7-14)21(2)19(27)25(20(28)24-21)13-17(26)23-16-5-4-10-22-18(16)30-12-11-29-3/h4-10H,11-13H2,1-3H3,(H,23,26)(H,24,28). The molecule has 0 radical (unpaired) electrons. The van der Waals surface area contributed by atoms with E-state index in [9.17, 15) is 14.4 Å². The molecule has 1 fully saturated rings. The smallest absolute Gasteiger partial charge is 0.325 e. The SMILES string of the molecule is COCCOc1ncccc1NC(=O)CN1C(=O)NC(C)(c2ccc(C)cc2)C1=O. The second-order valence-electron chi connectivity index (χ2n) is 7.06. The number of imide groups is 1. The van der Waals surface area contributed by atoms with Gasteiger partial charge in [-0.15, -0.1) is 0 Å². The number of ether oxygens (including phenoxy) is 2. The molecule has 4 amide bonds. The van der Waals surface area contributed by atoms with E-state index >= 15 is 0 Å². The highest BCUT2D eigenvalue weighted by molar-refractivity contribution is 6.10. The zero-order valence-electron chi connectivity index (χ0n) is 17.1. The highest BCUT2D eigenvalue weighted by Gasteiger charge is 2.49. The van der Waals surface area contributed by atoms with Gasteiger partial charge in [0.15, 0.2) is 0 Å². The number of carbonyl (C=O) groups is 3. The first-order chi connectivity index (χ1) is 14.3. The molecule has 1 unspecified atom stereocenters. The van der Waals surface area contributed by atoms with Gasteiger partial charge in [-0.3, -0.25) is 14.5 Å². The third-order valence-corrected chi connectivity index (χ3v) is 4.78. The van der Waals surface area contributed by atoms with Crippen LogP contribution in [0.3, 0.4) is 0 Å². The van der Waals surface area contributed by atoms with Gasteiger partial charge in [-0.2, -0.15) is 0 Å². The molecule has 0 bridgehead atoms. The minimum Gasteiger partial charge on any atom is -0.474 e. The first-order valence-electron chi connectivity index (χ1n) is 9.43. The fourth-order valence-electron chi connectivity index (χ4n) is 3.08. The molecule has 30 heavy (non-hydrogen) atoms. The number of pyridine rings is 1. The van der Waals surface area contributed by atoms with Gasteiger partial charge in [-0.05, 0) is 31.5 Å². The van der Waals surface area contributed by atoms with Crippen molar-refractivity contribution < 1.29 is 23.9 Å². The highest BCUT2D eigenvalue weighted by Crippen LogP contribution is 2.29. The van der Waals surface area contributed by atoms with Gasteiger partial charge < -0.3 is 20.1 Å². The van der Waals surface area contributed by atoms with Crippen molar-refractivity contribution in [1.29, 1.82) is 0 Å². The van der Waals surface area contributed by atoms with Gasteiger partial charge >= 0.3 is 6.03 Å². The summed E-state index contributed by atoms with van der Waals surface area (Å²) in [6.07, 6.45) is 1.53. The normalized spacial score (nSPS) is 18.3. The zero-order chi connectivity index (χ0) is 21.7. The van der Waals surface area contributed by atoms with E-state index in [-0.39, 0.29) is 12.5 Å². The molecular formula is C21H24N4O5. The maximum atomic E-state index is 13.0. The van der Waals surface area contributed by atoms with Crippen molar-refractivity contribution >= 4 is 23.5 Å². The van der Waals surface area contributed by atoms with Crippen molar-refractivity contribution in [3.8, 4) is 5.88 Å². The summed E-state index contributed by atoms with van der Waals surface area (Å²) in [5, 5.41) is 5.33. The monoisotopic (exact) mass is 412 g/mol. The molecule has 1 aliphatic heterocycles. The quantitative estimate of drug-likeness (QED) is 0.506. The first kappa shape index (κ1) is 21.3. The number of nitrogens with zero attached hydrogens (tertiary/aromatic N) is 2. The van der Waals surface area contributed by atoms with Crippen LogP contribution >= 0.6 is 0 Å². The lowest BCUT2D eigenvalue weighted by atomic mass is 9.91. The Morgan fingerprint density at radius 3 is 2.63 bits per heavy atom. The molecule has 1 aromatic carbocycles. The minimum absolute atomic E-state index is 0.226. The zero-order valence-corrected chi connectivity index (χ0v) is 17.1. The van der Waals surface area contributed by atoms with Crippen LogP contribution in [-0.2, 0) is 19.9 Å². The maximum absolute atomic E-state index is 13.0. The Kier molecular flexibility index (Phi) is 6.31. The molecule has 1 atom stereocenters. The number of nitrogens with one attached hydrogen (secondary N) is 2. The van der Waals surface area contributed by atoms with Crippen molar-refractivity contribution in [2.45, 2.75) is 19.4 Å². The molecule has 1 aliphatic rings. The van der Waals surface area contributed by atoms with Crippen molar-refractivity contribution in [1.82, 2.24) is 15.2 Å². The van der Waals surface area contributed by atoms with E-state index < -0.39 is 29.9 Å². The summed E-state index contributed by atoms with van der Waals surface area (Å²) < 4.78 is 10.4. The minimum atomic E-state index is -1.23. The summed E-state index contributed by atoms with van der Waals surface area (Å²) in [5.41, 5.74) is 0.797. The first-order valence-corrected chi connectivity index (χ1v) is 9.43. The van der Waals surface area contributed by atoms with Crippen LogP contribution in [0.15, 0.2) is 42.6 Å². The average Bonchev–Trinajstić information content (AvgIpc) is 2.94. The number of anilines is 1. The molecule has 2 aromatic rings. The Labute approximate surface area is 174 Å². The maximum Gasteiger partial charge on any atom is 0.325 e. The second-order valence-corrected chi connectivity index (χ2v) is 7.06. The number of amides is 4. The van der Waals surface area contributed by atoms with Crippen LogP contribution in [0, 0.1) is 6.92 Å². The second kappa shape index (κ2) is 8.91. The van der Waals surface area contributed by atoms with E-state index in [0.717, 1.165) is 10.5 Å². The number of aryl methyl sites for hydroxylation is 1. The van der Waals surface area contributed by atoms with Gasteiger partial charge in [0.1, 0.15) is 24.4 Å². The Morgan fingerprint density at radius 2 is 1.93 bits per heavy atom. The number of rotatable bonds is 8. The van der Waals surface area contributed by atoms with Gasteiger partial charge in [0.2, 0.25) is 11.8 Å². The number of hydrogen-bond donors (Lipinski definition) is 2. The summed E-state index contributed by atoms with van der Waals surface area (Å²) in [5.74, 6) is -0.810. The number of carbonyl (C=O) groups excluding carboxylic acids is 3. The summed E-state index contributed by atoms with van der Waals surface area (Å²) in [4.78, 5) is 42.9. The van der Waals surface area contributed by atoms with Crippen molar-refractivity contribution in [2.24, 2.45) is 0 Å². The number of hydrogen-bond acceptors (Lipinski definition) is 6. The topological polar surface area (TPSA) is 110 Å². The van der Waals surface area contributed by atoms with Gasteiger partial charge in [-0.1, -0.05) is 29.8 Å². The molecule has 1 saturated heterocycles. The van der Waals surface area contributed by atoms with Gasteiger partial charge in [0.05, 0.1) is 6.61 Å². The van der Waals surface area contributed by atoms with Crippen LogP contribution < -0.4 is 15.4 Å². The van der Waals surface area contributed by atoms with E-state index in [1.165, 1.54) is 6.20 Å². The van der Waals surface area contributed by atoms with Crippen LogP contribution in [-0.4, -0.2) is 54.6 Å². The Bertz CT molecular complexity index is 947. The summed E-state index contributed by atoms with van der Waals surface area (Å²) >= 11 is 0. The number of benzene rings is 1. The molecule has 9 nitrogen and oxygen atoms in total. The fraction of sp³-hybridized carbons (Fsp3) is 0.333. The molecule has 0 saturated carbocycles.